The van der Waals surface area contributed by atoms with Gasteiger partial charge in [-0.1, -0.05) is 86.0 Å². The molecule has 1 aliphatic carbocycles. The van der Waals surface area contributed by atoms with Crippen molar-refractivity contribution in [1.82, 2.24) is 0 Å². The van der Waals surface area contributed by atoms with Crippen LogP contribution in [-0.4, -0.2) is 29.9 Å². The zero-order valence-corrected chi connectivity index (χ0v) is 26.6. The standard InChI is InChI=1S/C20H28P2S.C8H12.BF4.Rh/c1-13-9-10-14(2)21(13)19-17-7-5-6-8-18(17)23-20(19)22-15(3)11-12-16(22)4;1-2-4-6-8-7-5-3-1;2-1(3,4)5;/h5-8,13-16H,9-12H2,1-4H3;1-2,7-8H,3-6H2;;/q;;-1;. The van der Waals surface area contributed by atoms with Crippen molar-refractivity contribution in [3.8, 4) is 0 Å². The van der Waals surface area contributed by atoms with Crippen molar-refractivity contribution < 1.29 is 36.7 Å². The largest absolute Gasteiger partial charge is 0.673 e. The van der Waals surface area contributed by atoms with E-state index in [1.807, 2.05) is 9.92 Å². The van der Waals surface area contributed by atoms with Crippen LogP contribution in [0, 0.1) is 0 Å². The fraction of sp³-hybridized carbons (Fsp3) is 0.571. The molecule has 0 nitrogen and oxygen atoms in total. The van der Waals surface area contributed by atoms with Gasteiger partial charge in [0.05, 0.1) is 0 Å². The van der Waals surface area contributed by atoms with E-state index >= 15 is 0 Å². The molecule has 4 atom stereocenters. The maximum absolute atomic E-state index is 9.75. The SMILES string of the molecule is C1=CCCC=CCC1.CC1CCC(C)P1c1sc2ccccc2c1P1C(C)CCC1C.F[B-](F)(F)F.[Rh]. The minimum absolute atomic E-state index is 0. The number of thiophene rings is 1. The molecule has 1 radical (unpaired) electrons. The second-order valence-electron chi connectivity index (χ2n) is 10.2. The normalized spacial score (nSPS) is 29.4. The van der Waals surface area contributed by atoms with Crippen LogP contribution in [0.15, 0.2) is 48.6 Å². The smallest absolute Gasteiger partial charge is 0.418 e. The van der Waals surface area contributed by atoms with Gasteiger partial charge in [-0.3, -0.25) is 0 Å². The Kier molecular flexibility index (Phi) is 14.0. The van der Waals surface area contributed by atoms with Gasteiger partial charge in [0, 0.05) is 39.5 Å². The van der Waals surface area contributed by atoms with E-state index in [-0.39, 0.29) is 35.3 Å². The topological polar surface area (TPSA) is 0 Å². The predicted molar refractivity (Wildman–Crippen MR) is 158 cm³/mol. The van der Waals surface area contributed by atoms with E-state index in [0.717, 1.165) is 22.6 Å². The van der Waals surface area contributed by atoms with Gasteiger partial charge in [0.15, 0.2) is 0 Å². The first kappa shape index (κ1) is 33.1. The van der Waals surface area contributed by atoms with Gasteiger partial charge in [0.1, 0.15) is 0 Å². The van der Waals surface area contributed by atoms with Crippen molar-refractivity contribution >= 4 is 54.4 Å². The first-order chi connectivity index (χ1) is 17.1. The van der Waals surface area contributed by atoms with Crippen molar-refractivity contribution in [1.29, 1.82) is 0 Å². The van der Waals surface area contributed by atoms with Crippen LogP contribution >= 0.6 is 27.2 Å². The molecule has 0 saturated carbocycles. The molecule has 4 unspecified atom stereocenters. The Hall–Kier alpha value is -0.0717. The minimum atomic E-state index is -6.00. The van der Waals surface area contributed by atoms with Gasteiger partial charge < -0.3 is 17.3 Å². The molecule has 2 aliphatic heterocycles. The van der Waals surface area contributed by atoms with Crippen molar-refractivity contribution in [2.45, 2.75) is 102 Å². The summed E-state index contributed by atoms with van der Waals surface area (Å²) >= 11 is 2.16. The van der Waals surface area contributed by atoms with Gasteiger partial charge in [0.2, 0.25) is 0 Å². The second-order valence-corrected chi connectivity index (χ2v) is 17.6. The van der Waals surface area contributed by atoms with E-state index in [0.29, 0.717) is 0 Å². The fourth-order valence-electron chi connectivity index (χ4n) is 5.53. The Labute approximate surface area is 240 Å². The summed E-state index contributed by atoms with van der Waals surface area (Å²) in [7, 11) is -5.92. The van der Waals surface area contributed by atoms with Gasteiger partial charge in [-0.25, -0.2) is 0 Å². The molecule has 1 aromatic carbocycles. The van der Waals surface area contributed by atoms with E-state index in [4.69, 9.17) is 0 Å². The van der Waals surface area contributed by atoms with Crippen LogP contribution in [0.5, 0.6) is 0 Å². The van der Waals surface area contributed by atoms with Crippen LogP contribution < -0.4 is 9.92 Å². The summed E-state index contributed by atoms with van der Waals surface area (Å²) < 4.78 is 42.4. The molecule has 0 spiro atoms. The van der Waals surface area contributed by atoms with Crippen LogP contribution in [0.25, 0.3) is 10.1 Å². The Morgan fingerprint density at radius 3 is 1.49 bits per heavy atom. The van der Waals surface area contributed by atoms with Gasteiger partial charge in [0.25, 0.3) is 0 Å². The first-order valence-corrected chi connectivity index (χ1v) is 17.1. The molecule has 9 heteroatoms. The molecule has 209 valence electrons. The fourth-order valence-corrected chi connectivity index (χ4v) is 15.6. The molecule has 3 heterocycles. The van der Waals surface area contributed by atoms with Crippen molar-refractivity contribution in [2.24, 2.45) is 0 Å². The Morgan fingerprint density at radius 1 is 0.676 bits per heavy atom. The minimum Gasteiger partial charge on any atom is -0.418 e. The summed E-state index contributed by atoms with van der Waals surface area (Å²) in [5.41, 5.74) is 3.69. The summed E-state index contributed by atoms with van der Waals surface area (Å²) in [5.74, 6) is 0. The average Bonchev–Trinajstić information content (AvgIpc) is 3.41. The summed E-state index contributed by atoms with van der Waals surface area (Å²) in [6.07, 6.45) is 19.8. The zero-order chi connectivity index (χ0) is 26.3. The van der Waals surface area contributed by atoms with Crippen LogP contribution in [0.2, 0.25) is 0 Å². The molecule has 0 N–H and O–H groups in total. The molecule has 0 amide bonds. The number of halogens is 4. The number of hydrogen-bond donors (Lipinski definition) is 0. The third kappa shape index (κ3) is 9.81. The number of fused-ring (bicyclic) bond motifs is 1. The first-order valence-electron chi connectivity index (χ1n) is 13.3. The maximum atomic E-state index is 9.75. The second kappa shape index (κ2) is 15.6. The number of benzene rings is 1. The van der Waals surface area contributed by atoms with Crippen molar-refractivity contribution in [3.05, 3.63) is 48.6 Å². The Morgan fingerprint density at radius 2 is 1.05 bits per heavy atom. The summed E-state index contributed by atoms with van der Waals surface area (Å²) in [6, 6.07) is 9.29. The van der Waals surface area contributed by atoms with E-state index in [1.54, 1.807) is 10.1 Å². The monoisotopic (exact) mass is 660 g/mol. The Balaban J connectivity index is 0.000000286. The molecule has 0 bridgehead atoms. The summed E-state index contributed by atoms with van der Waals surface area (Å²) in [4.78, 5) is 0. The summed E-state index contributed by atoms with van der Waals surface area (Å²) in [6.45, 7) is 10.1. The van der Waals surface area contributed by atoms with Gasteiger partial charge in [-0.15, -0.1) is 11.3 Å². The van der Waals surface area contributed by atoms with E-state index in [9.17, 15) is 17.3 Å². The van der Waals surface area contributed by atoms with Crippen LogP contribution in [0.1, 0.15) is 79.1 Å². The zero-order valence-electron chi connectivity index (χ0n) is 22.3. The van der Waals surface area contributed by atoms with Gasteiger partial charge in [-0.05, 0) is 80.1 Å². The molecular formula is C28H40BF4P2RhS-. The molecule has 5 rings (SSSR count). The number of allylic oxidation sites excluding steroid dienone is 4. The van der Waals surface area contributed by atoms with Crippen LogP contribution in [-0.2, 0) is 19.5 Å². The third-order valence-corrected chi connectivity index (χ3v) is 16.0. The maximum Gasteiger partial charge on any atom is 0.673 e. The van der Waals surface area contributed by atoms with Gasteiger partial charge in [-0.2, -0.15) is 0 Å². The number of hydrogen-bond acceptors (Lipinski definition) is 1. The van der Waals surface area contributed by atoms with Crippen molar-refractivity contribution in [3.63, 3.8) is 0 Å². The van der Waals surface area contributed by atoms with Crippen LogP contribution in [0.3, 0.4) is 0 Å². The summed E-state index contributed by atoms with van der Waals surface area (Å²) in [5, 5.41) is 3.47. The third-order valence-electron chi connectivity index (χ3n) is 7.28. The number of rotatable bonds is 2. The molecule has 2 saturated heterocycles. The molecule has 1 aromatic heterocycles. The predicted octanol–water partition coefficient (Wildman–Crippen LogP) is 10.2. The molecule has 2 fully saturated rings. The van der Waals surface area contributed by atoms with E-state index in [1.165, 1.54) is 51.4 Å². The molecule has 3 aliphatic rings. The van der Waals surface area contributed by atoms with Gasteiger partial charge >= 0.3 is 7.25 Å². The van der Waals surface area contributed by atoms with E-state index < -0.39 is 7.25 Å². The molecule has 2 aromatic rings. The quantitative estimate of drug-likeness (QED) is 0.130. The van der Waals surface area contributed by atoms with Crippen LogP contribution in [0.4, 0.5) is 17.3 Å². The molecular weight excluding hydrogens is 620 g/mol. The van der Waals surface area contributed by atoms with E-state index in [2.05, 4.69) is 87.6 Å². The Bertz CT molecular complexity index is 973. The average molecular weight is 660 g/mol. The molecule has 37 heavy (non-hydrogen) atoms. The van der Waals surface area contributed by atoms with Crippen molar-refractivity contribution in [2.75, 3.05) is 0 Å².